The van der Waals surface area contributed by atoms with E-state index in [2.05, 4.69) is 30.9 Å². The lowest BCUT2D eigenvalue weighted by Gasteiger charge is -2.30. The summed E-state index contributed by atoms with van der Waals surface area (Å²) in [6, 6.07) is 12.6. The molecule has 1 aliphatic carbocycles. The van der Waals surface area contributed by atoms with Crippen LogP contribution in [0, 0.1) is 5.82 Å². The number of benzene rings is 2. The number of carbonyl (C=O) groups is 1. The fourth-order valence-corrected chi connectivity index (χ4v) is 4.10. The van der Waals surface area contributed by atoms with Gasteiger partial charge in [-0.15, -0.1) is 0 Å². The average Bonchev–Trinajstić information content (AvgIpc) is 2.81. The molecule has 34 heavy (non-hydrogen) atoms. The summed E-state index contributed by atoms with van der Waals surface area (Å²) >= 11 is 11.9. The van der Waals surface area contributed by atoms with E-state index in [9.17, 15) is 9.18 Å². The topological polar surface area (TPSA) is 91.3 Å². The molecule has 2 aromatic carbocycles. The number of guanidine groups is 1. The first kappa shape index (κ1) is 23.9. The van der Waals surface area contributed by atoms with Gasteiger partial charge < -0.3 is 16.0 Å². The molecule has 1 amide bonds. The maximum absolute atomic E-state index is 13.8. The Hall–Kier alpha value is -3.23. The van der Waals surface area contributed by atoms with Crippen molar-refractivity contribution in [3.05, 3.63) is 82.4 Å². The fraction of sp³-hybridized carbons (Fsp3) is 0.250. The summed E-state index contributed by atoms with van der Waals surface area (Å²) in [5.74, 6) is -0.109. The normalized spacial score (nSPS) is 18.3. The molecule has 1 aliphatic rings. The van der Waals surface area contributed by atoms with Crippen LogP contribution < -0.4 is 16.0 Å². The number of amides is 1. The summed E-state index contributed by atoms with van der Waals surface area (Å²) in [4.78, 5) is 25.4. The van der Waals surface area contributed by atoms with Gasteiger partial charge in [0.25, 0.3) is 5.91 Å². The quantitative estimate of drug-likeness (QED) is 0.314. The van der Waals surface area contributed by atoms with E-state index in [-0.39, 0.29) is 23.1 Å². The minimum absolute atomic E-state index is 0.0723. The fourth-order valence-electron chi connectivity index (χ4n) is 3.75. The van der Waals surface area contributed by atoms with Gasteiger partial charge in [-0.25, -0.2) is 14.4 Å². The molecular weight excluding hydrogens is 478 g/mol. The second-order valence-corrected chi connectivity index (χ2v) is 8.84. The maximum atomic E-state index is 13.8. The minimum Gasteiger partial charge on any atom is -0.353 e. The van der Waals surface area contributed by atoms with Crippen LogP contribution in [0.3, 0.4) is 0 Å². The molecule has 3 N–H and O–H groups in total. The molecule has 4 rings (SSSR count). The highest BCUT2D eigenvalue weighted by Gasteiger charge is 2.23. The zero-order chi connectivity index (χ0) is 23.9. The minimum atomic E-state index is -0.493. The zero-order valence-electron chi connectivity index (χ0n) is 18.1. The van der Waals surface area contributed by atoms with Gasteiger partial charge in [0.15, 0.2) is 0 Å². The van der Waals surface area contributed by atoms with E-state index in [1.54, 1.807) is 48.8 Å². The van der Waals surface area contributed by atoms with Crippen LogP contribution >= 0.6 is 23.2 Å². The molecule has 3 aromatic rings. The molecule has 0 radical (unpaired) electrons. The van der Waals surface area contributed by atoms with Crippen molar-refractivity contribution in [1.82, 2.24) is 15.3 Å². The predicted octanol–water partition coefficient (Wildman–Crippen LogP) is 5.54. The van der Waals surface area contributed by atoms with Crippen molar-refractivity contribution in [3.8, 4) is 0 Å². The van der Waals surface area contributed by atoms with Gasteiger partial charge in [0.1, 0.15) is 5.82 Å². The van der Waals surface area contributed by atoms with Crippen LogP contribution in [-0.4, -0.2) is 33.9 Å². The van der Waals surface area contributed by atoms with E-state index >= 15 is 0 Å². The van der Waals surface area contributed by atoms with Crippen molar-refractivity contribution in [1.29, 1.82) is 0 Å². The van der Waals surface area contributed by atoms with Crippen molar-refractivity contribution in [3.63, 3.8) is 0 Å². The van der Waals surface area contributed by atoms with Crippen LogP contribution in [0.25, 0.3) is 0 Å². The van der Waals surface area contributed by atoms with Crippen LogP contribution in [0.15, 0.2) is 65.9 Å². The molecule has 1 saturated carbocycles. The Morgan fingerprint density at radius 1 is 0.941 bits per heavy atom. The molecular formula is C24H23Cl2FN6O. The van der Waals surface area contributed by atoms with E-state index in [0.717, 1.165) is 25.7 Å². The van der Waals surface area contributed by atoms with Crippen molar-refractivity contribution in [2.45, 2.75) is 37.8 Å². The molecule has 10 heteroatoms. The molecule has 0 spiro atoms. The van der Waals surface area contributed by atoms with Crippen LogP contribution in [0.5, 0.6) is 0 Å². The molecule has 0 atom stereocenters. The van der Waals surface area contributed by atoms with Crippen LogP contribution in [-0.2, 0) is 0 Å². The molecule has 1 heterocycles. The van der Waals surface area contributed by atoms with Gasteiger partial charge in [-0.05, 0) is 74.2 Å². The first-order valence-corrected chi connectivity index (χ1v) is 11.6. The number of aliphatic imine (C=N–C) groups is 1. The molecule has 1 fully saturated rings. The van der Waals surface area contributed by atoms with Gasteiger partial charge in [0.05, 0.1) is 0 Å². The largest absolute Gasteiger partial charge is 0.353 e. The maximum Gasteiger partial charge on any atom is 0.280 e. The van der Waals surface area contributed by atoms with Crippen molar-refractivity contribution in [2.75, 3.05) is 10.6 Å². The van der Waals surface area contributed by atoms with Gasteiger partial charge in [-0.1, -0.05) is 23.2 Å². The highest BCUT2D eigenvalue weighted by molar-refractivity contribution is 6.31. The zero-order valence-corrected chi connectivity index (χ0v) is 19.7. The third-order valence-corrected chi connectivity index (χ3v) is 5.87. The first-order valence-electron chi connectivity index (χ1n) is 10.9. The van der Waals surface area contributed by atoms with E-state index < -0.39 is 11.7 Å². The van der Waals surface area contributed by atoms with Gasteiger partial charge in [-0.2, -0.15) is 4.99 Å². The summed E-state index contributed by atoms with van der Waals surface area (Å²) < 4.78 is 13.8. The Labute approximate surface area is 206 Å². The van der Waals surface area contributed by atoms with E-state index in [1.807, 2.05) is 0 Å². The summed E-state index contributed by atoms with van der Waals surface area (Å²) in [5, 5.41) is 10.4. The highest BCUT2D eigenvalue weighted by atomic mass is 35.5. The number of rotatable bonds is 5. The number of hydrogen-bond acceptors (Lipinski definition) is 4. The molecule has 0 aliphatic heterocycles. The number of anilines is 2. The molecule has 7 nitrogen and oxygen atoms in total. The SMILES string of the molecule is O=C(/N=C(/Nc1cc(F)cc(Cl)c1)N[C@H]1CC[C@H](Nc2ncccn2)CC1)c1ccc(Cl)cc1. The lowest BCUT2D eigenvalue weighted by molar-refractivity contribution is 0.100. The second kappa shape index (κ2) is 11.3. The Kier molecular flexibility index (Phi) is 7.92. The van der Waals surface area contributed by atoms with Gasteiger partial charge in [0, 0.05) is 45.8 Å². The van der Waals surface area contributed by atoms with Gasteiger partial charge in [-0.3, -0.25) is 4.79 Å². The number of carbonyl (C=O) groups excluding carboxylic acids is 1. The monoisotopic (exact) mass is 500 g/mol. The number of nitrogens with zero attached hydrogens (tertiary/aromatic N) is 3. The molecule has 0 bridgehead atoms. The molecule has 0 saturated heterocycles. The average molecular weight is 501 g/mol. The Morgan fingerprint density at radius 3 is 2.29 bits per heavy atom. The predicted molar refractivity (Wildman–Crippen MR) is 133 cm³/mol. The first-order chi connectivity index (χ1) is 16.4. The highest BCUT2D eigenvalue weighted by Crippen LogP contribution is 2.22. The summed E-state index contributed by atoms with van der Waals surface area (Å²) in [7, 11) is 0. The smallest absolute Gasteiger partial charge is 0.280 e. The Bertz CT molecular complexity index is 1130. The van der Waals surface area contributed by atoms with Crippen LogP contribution in [0.4, 0.5) is 16.0 Å². The second-order valence-electron chi connectivity index (χ2n) is 7.97. The van der Waals surface area contributed by atoms with Crippen molar-refractivity contribution >= 4 is 46.7 Å². The van der Waals surface area contributed by atoms with E-state index in [0.29, 0.717) is 22.2 Å². The standard InChI is InChI=1S/C24H23Cl2FN6O/c25-16-4-2-15(3-5-16)22(34)33-24(32-21-13-17(26)12-18(27)14-21)31-20-8-6-19(7-9-20)30-23-28-10-1-11-29-23/h1-5,10-14,19-20H,6-9H2,(H,28,29,30)(H2,31,32,33,34)/t19-,20-. The Balaban J connectivity index is 1.45. The third kappa shape index (κ3) is 6.88. The number of nitrogens with one attached hydrogen (secondary N) is 3. The van der Waals surface area contributed by atoms with Crippen molar-refractivity contribution in [2.24, 2.45) is 4.99 Å². The summed E-state index contributed by atoms with van der Waals surface area (Å²) in [6.45, 7) is 0. The summed E-state index contributed by atoms with van der Waals surface area (Å²) in [6.07, 6.45) is 6.86. The lowest BCUT2D eigenvalue weighted by atomic mass is 9.91. The Morgan fingerprint density at radius 2 is 1.62 bits per heavy atom. The molecule has 0 unspecified atom stereocenters. The third-order valence-electron chi connectivity index (χ3n) is 5.40. The van der Waals surface area contributed by atoms with E-state index in [1.165, 1.54) is 12.1 Å². The van der Waals surface area contributed by atoms with Gasteiger partial charge >= 0.3 is 0 Å². The number of halogens is 3. The van der Waals surface area contributed by atoms with Crippen molar-refractivity contribution < 1.29 is 9.18 Å². The molecule has 176 valence electrons. The van der Waals surface area contributed by atoms with Gasteiger partial charge in [0.2, 0.25) is 11.9 Å². The molecule has 1 aromatic heterocycles. The summed E-state index contributed by atoms with van der Waals surface area (Å²) in [5.41, 5.74) is 0.773. The lowest BCUT2D eigenvalue weighted by Crippen LogP contribution is -2.43. The van der Waals surface area contributed by atoms with Crippen LogP contribution in [0.2, 0.25) is 10.0 Å². The van der Waals surface area contributed by atoms with E-state index in [4.69, 9.17) is 23.2 Å². The number of hydrogen-bond donors (Lipinski definition) is 3. The number of aromatic nitrogens is 2. The van der Waals surface area contributed by atoms with Crippen LogP contribution in [0.1, 0.15) is 36.0 Å².